The average molecular weight is 483 g/mol. The second-order valence-electron chi connectivity index (χ2n) is 8.26. The summed E-state index contributed by atoms with van der Waals surface area (Å²) in [4.78, 5) is 5.25. The van der Waals surface area contributed by atoms with E-state index in [0.29, 0.717) is 31.9 Å². The molecule has 1 saturated heterocycles. The highest BCUT2D eigenvalue weighted by Gasteiger charge is 2.31. The maximum Gasteiger partial charge on any atom is 0.416 e. The standard InChI is InChI=1S/C24H29F3N2O3S/c1-30-21(17-32-33-22-9-2-5-18-6-4-14-31-23(18)22)16-28-10-12-29(13-11-28)20-8-3-7-19(15-20)24(25,26)27/h2-3,5,7-9,15,21H,4,6,10-14,16-17H2,1H3. The number of anilines is 1. The normalized spacial score (nSPS) is 18.0. The summed E-state index contributed by atoms with van der Waals surface area (Å²) in [5.41, 5.74) is 1.22. The van der Waals surface area contributed by atoms with Crippen molar-refractivity contribution >= 4 is 17.7 Å². The van der Waals surface area contributed by atoms with Crippen LogP contribution in [0.2, 0.25) is 0 Å². The van der Waals surface area contributed by atoms with Crippen LogP contribution in [0, 0.1) is 0 Å². The molecule has 4 rings (SSSR count). The van der Waals surface area contributed by atoms with Gasteiger partial charge >= 0.3 is 6.18 Å². The molecule has 5 nitrogen and oxygen atoms in total. The SMILES string of the molecule is COC(COSc1cccc2c1OCCC2)CN1CCN(c2cccc(C(F)(F)F)c2)CC1. The largest absolute Gasteiger partial charge is 0.492 e. The Bertz CT molecular complexity index is 920. The third-order valence-electron chi connectivity index (χ3n) is 6.01. The summed E-state index contributed by atoms with van der Waals surface area (Å²) in [5.74, 6) is 0.924. The zero-order chi connectivity index (χ0) is 23.3. The van der Waals surface area contributed by atoms with Crippen molar-refractivity contribution in [2.45, 2.75) is 30.0 Å². The summed E-state index contributed by atoms with van der Waals surface area (Å²) in [6, 6.07) is 11.7. The van der Waals surface area contributed by atoms with Gasteiger partial charge in [0, 0.05) is 57.6 Å². The molecular weight excluding hydrogens is 453 g/mol. The van der Waals surface area contributed by atoms with Gasteiger partial charge in [-0.1, -0.05) is 18.2 Å². The molecular formula is C24H29F3N2O3S. The van der Waals surface area contributed by atoms with Gasteiger partial charge in [-0.05, 0) is 42.7 Å². The molecule has 0 saturated carbocycles. The van der Waals surface area contributed by atoms with Gasteiger partial charge in [-0.3, -0.25) is 4.90 Å². The molecule has 1 unspecified atom stereocenters. The number of hydrogen-bond donors (Lipinski definition) is 0. The van der Waals surface area contributed by atoms with Crippen molar-refractivity contribution in [1.82, 2.24) is 4.90 Å². The summed E-state index contributed by atoms with van der Waals surface area (Å²) in [6.07, 6.45) is -2.36. The predicted molar refractivity (Wildman–Crippen MR) is 123 cm³/mol. The van der Waals surface area contributed by atoms with Crippen molar-refractivity contribution < 1.29 is 26.8 Å². The lowest BCUT2D eigenvalue weighted by Crippen LogP contribution is -2.49. The Morgan fingerprint density at radius 1 is 1.09 bits per heavy atom. The molecule has 2 aromatic carbocycles. The second kappa shape index (κ2) is 11.0. The molecule has 2 aliphatic rings. The maximum absolute atomic E-state index is 13.0. The first-order valence-corrected chi connectivity index (χ1v) is 11.9. The van der Waals surface area contributed by atoms with Gasteiger partial charge in [0.05, 0.1) is 29.8 Å². The Labute approximate surface area is 197 Å². The van der Waals surface area contributed by atoms with Crippen molar-refractivity contribution in [1.29, 1.82) is 0 Å². The third-order valence-corrected chi connectivity index (χ3v) is 6.76. The molecule has 1 atom stereocenters. The zero-order valence-electron chi connectivity index (χ0n) is 18.6. The molecule has 33 heavy (non-hydrogen) atoms. The molecule has 2 aromatic rings. The number of halogens is 3. The van der Waals surface area contributed by atoms with E-state index in [9.17, 15) is 13.2 Å². The fraction of sp³-hybridized carbons (Fsp3) is 0.500. The minimum atomic E-state index is -4.33. The van der Waals surface area contributed by atoms with Crippen LogP contribution in [0.1, 0.15) is 17.5 Å². The van der Waals surface area contributed by atoms with Crippen molar-refractivity contribution in [2.24, 2.45) is 0 Å². The number of ether oxygens (including phenoxy) is 2. The Balaban J connectivity index is 1.24. The highest BCUT2D eigenvalue weighted by atomic mass is 32.2. The van der Waals surface area contributed by atoms with Crippen LogP contribution >= 0.6 is 12.0 Å². The quantitative estimate of drug-likeness (QED) is 0.499. The lowest BCUT2D eigenvalue weighted by atomic mass is 10.1. The summed E-state index contributed by atoms with van der Waals surface area (Å²) in [6.45, 7) is 4.71. The molecule has 0 amide bonds. The molecule has 0 aliphatic carbocycles. The highest BCUT2D eigenvalue weighted by Crippen LogP contribution is 2.36. The number of alkyl halides is 3. The Hall–Kier alpha value is -1.94. The van der Waals surface area contributed by atoms with Gasteiger partial charge in [0.2, 0.25) is 0 Å². The fourth-order valence-corrected chi connectivity index (χ4v) is 4.90. The van der Waals surface area contributed by atoms with E-state index < -0.39 is 11.7 Å². The number of methoxy groups -OCH3 is 1. The lowest BCUT2D eigenvalue weighted by Gasteiger charge is -2.37. The van der Waals surface area contributed by atoms with Crippen LogP contribution in [-0.2, 0) is 21.5 Å². The molecule has 0 N–H and O–H groups in total. The monoisotopic (exact) mass is 482 g/mol. The van der Waals surface area contributed by atoms with Crippen LogP contribution < -0.4 is 9.64 Å². The summed E-state index contributed by atoms with van der Waals surface area (Å²) < 4.78 is 56.4. The molecule has 9 heteroatoms. The molecule has 0 radical (unpaired) electrons. The number of nitrogens with zero attached hydrogens (tertiary/aromatic N) is 2. The van der Waals surface area contributed by atoms with Crippen LogP contribution in [0.3, 0.4) is 0 Å². The van der Waals surface area contributed by atoms with E-state index in [4.69, 9.17) is 13.7 Å². The van der Waals surface area contributed by atoms with Crippen LogP contribution in [0.4, 0.5) is 18.9 Å². The van der Waals surface area contributed by atoms with E-state index in [1.54, 1.807) is 13.2 Å². The molecule has 0 spiro atoms. The van der Waals surface area contributed by atoms with Crippen LogP contribution in [-0.4, -0.2) is 64.1 Å². The number of fused-ring (bicyclic) bond motifs is 1. The molecule has 1 fully saturated rings. The van der Waals surface area contributed by atoms with E-state index in [-0.39, 0.29) is 6.10 Å². The Kier molecular flexibility index (Phi) is 8.06. The molecule has 180 valence electrons. The third kappa shape index (κ3) is 6.35. The van der Waals surface area contributed by atoms with Gasteiger partial charge in [0.1, 0.15) is 5.75 Å². The van der Waals surface area contributed by atoms with Crippen molar-refractivity contribution in [3.05, 3.63) is 53.6 Å². The minimum absolute atomic E-state index is 0.0990. The van der Waals surface area contributed by atoms with Crippen LogP contribution in [0.15, 0.2) is 47.4 Å². The lowest BCUT2D eigenvalue weighted by molar-refractivity contribution is -0.137. The smallest absolute Gasteiger partial charge is 0.416 e. The van der Waals surface area contributed by atoms with Crippen molar-refractivity contribution in [3.63, 3.8) is 0 Å². The molecule has 2 aliphatic heterocycles. The van der Waals surface area contributed by atoms with Gasteiger partial charge in [0.15, 0.2) is 0 Å². The molecule has 0 aromatic heterocycles. The van der Waals surface area contributed by atoms with Crippen LogP contribution in [0.5, 0.6) is 5.75 Å². The highest BCUT2D eigenvalue weighted by molar-refractivity contribution is 7.94. The van der Waals surface area contributed by atoms with Gasteiger partial charge in [-0.25, -0.2) is 0 Å². The Morgan fingerprint density at radius 2 is 1.88 bits per heavy atom. The summed E-state index contributed by atoms with van der Waals surface area (Å²) >= 11 is 1.32. The number of piperazine rings is 1. The number of hydrogen-bond acceptors (Lipinski definition) is 6. The summed E-state index contributed by atoms with van der Waals surface area (Å²) in [7, 11) is 1.67. The minimum Gasteiger partial charge on any atom is -0.492 e. The van der Waals surface area contributed by atoms with Gasteiger partial charge in [0.25, 0.3) is 0 Å². The molecule has 0 bridgehead atoms. The topological polar surface area (TPSA) is 34.2 Å². The number of para-hydroxylation sites is 1. The first-order valence-electron chi connectivity index (χ1n) is 11.2. The Morgan fingerprint density at radius 3 is 2.64 bits per heavy atom. The number of benzene rings is 2. The first kappa shape index (κ1) is 24.2. The van der Waals surface area contributed by atoms with Gasteiger partial charge < -0.3 is 18.6 Å². The van der Waals surface area contributed by atoms with Gasteiger partial charge in [-0.15, -0.1) is 0 Å². The molecule has 2 heterocycles. The van der Waals surface area contributed by atoms with Crippen LogP contribution in [0.25, 0.3) is 0 Å². The second-order valence-corrected chi connectivity index (χ2v) is 9.10. The number of aryl methyl sites for hydroxylation is 1. The predicted octanol–water partition coefficient (Wildman–Crippen LogP) is 4.89. The first-order chi connectivity index (χ1) is 15.9. The van der Waals surface area contributed by atoms with E-state index in [0.717, 1.165) is 49.2 Å². The van der Waals surface area contributed by atoms with Crippen molar-refractivity contribution in [2.75, 3.05) is 57.9 Å². The van der Waals surface area contributed by atoms with Crippen molar-refractivity contribution in [3.8, 4) is 5.75 Å². The average Bonchev–Trinajstić information content (AvgIpc) is 2.83. The maximum atomic E-state index is 13.0. The zero-order valence-corrected chi connectivity index (χ0v) is 19.5. The fourth-order valence-electron chi connectivity index (χ4n) is 4.15. The van der Waals surface area contributed by atoms with Gasteiger partial charge in [-0.2, -0.15) is 13.2 Å². The van der Waals surface area contributed by atoms with E-state index >= 15 is 0 Å². The van der Waals surface area contributed by atoms with E-state index in [2.05, 4.69) is 11.0 Å². The number of rotatable bonds is 8. The summed E-state index contributed by atoms with van der Waals surface area (Å²) in [5, 5.41) is 0. The van der Waals surface area contributed by atoms with E-state index in [1.165, 1.54) is 29.7 Å². The van der Waals surface area contributed by atoms with E-state index in [1.807, 2.05) is 17.0 Å².